The molecule has 0 aliphatic carbocycles. The fourth-order valence-corrected chi connectivity index (χ4v) is 6.01. The van der Waals surface area contributed by atoms with Crippen LogP contribution in [-0.2, 0) is 26.6 Å². The summed E-state index contributed by atoms with van der Waals surface area (Å²) in [6.07, 6.45) is -8.17. The lowest BCUT2D eigenvalue weighted by Crippen LogP contribution is -2.51. The van der Waals surface area contributed by atoms with Crippen LogP contribution in [0.5, 0.6) is 0 Å². The van der Waals surface area contributed by atoms with Gasteiger partial charge in [-0.15, -0.1) is 0 Å². The molecule has 14 heteroatoms. The lowest BCUT2D eigenvalue weighted by molar-refractivity contribution is -0.163. The fraction of sp³-hybridized carbons (Fsp3) is 0.484. The molecule has 2 aromatic rings. The Bertz CT molecular complexity index is 1390. The molecule has 246 valence electrons. The molecule has 2 aliphatic heterocycles. The van der Waals surface area contributed by atoms with Gasteiger partial charge in [-0.2, -0.15) is 26.3 Å². The van der Waals surface area contributed by atoms with E-state index in [9.17, 15) is 35.9 Å². The zero-order valence-electron chi connectivity index (χ0n) is 25.1. The van der Waals surface area contributed by atoms with E-state index in [2.05, 4.69) is 5.32 Å². The number of hydrogen-bond donors (Lipinski definition) is 1. The molecular weight excluding hydrogens is 624 g/mol. The summed E-state index contributed by atoms with van der Waals surface area (Å²) < 4.78 is 96.5. The number of nitrogens with one attached hydrogen (secondary N) is 1. The van der Waals surface area contributed by atoms with E-state index in [1.165, 1.54) is 15.9 Å². The van der Waals surface area contributed by atoms with Crippen molar-refractivity contribution < 1.29 is 45.4 Å². The van der Waals surface area contributed by atoms with Gasteiger partial charge >= 0.3 is 18.4 Å². The minimum atomic E-state index is -5.37. The van der Waals surface area contributed by atoms with Gasteiger partial charge in [-0.3, -0.25) is 4.79 Å². The molecule has 0 saturated carbocycles. The lowest BCUT2D eigenvalue weighted by Gasteiger charge is -2.35. The summed E-state index contributed by atoms with van der Waals surface area (Å²) in [6.45, 7) is 6.74. The molecule has 0 spiro atoms. The molecule has 0 atom stereocenters. The predicted octanol–water partition coefficient (Wildman–Crippen LogP) is 7.56. The van der Waals surface area contributed by atoms with E-state index in [-0.39, 0.29) is 32.2 Å². The highest BCUT2D eigenvalue weighted by molar-refractivity contribution is 7.99. The summed E-state index contributed by atoms with van der Waals surface area (Å²) in [7, 11) is 0. The molecule has 4 rings (SSSR count). The minimum absolute atomic E-state index is 0.0837. The van der Waals surface area contributed by atoms with Gasteiger partial charge < -0.3 is 24.6 Å². The van der Waals surface area contributed by atoms with Gasteiger partial charge in [-0.1, -0.05) is 23.9 Å². The number of rotatable bonds is 6. The van der Waals surface area contributed by atoms with Crippen molar-refractivity contribution in [1.29, 1.82) is 0 Å². The number of benzene rings is 2. The van der Waals surface area contributed by atoms with Crippen molar-refractivity contribution >= 4 is 35.5 Å². The van der Waals surface area contributed by atoms with Crippen LogP contribution in [0.2, 0.25) is 0 Å². The molecule has 2 aliphatic rings. The van der Waals surface area contributed by atoms with E-state index in [4.69, 9.17) is 9.47 Å². The van der Waals surface area contributed by atoms with Crippen molar-refractivity contribution in [2.45, 2.75) is 67.4 Å². The zero-order valence-corrected chi connectivity index (χ0v) is 25.9. The molecule has 2 fully saturated rings. The van der Waals surface area contributed by atoms with E-state index in [1.807, 2.05) is 0 Å². The van der Waals surface area contributed by atoms with Crippen molar-refractivity contribution in [3.63, 3.8) is 0 Å². The Kier molecular flexibility index (Phi) is 10.7. The smallest absolute Gasteiger partial charge is 0.418 e. The topological polar surface area (TPSA) is 71.1 Å². The number of ether oxygens (including phenoxy) is 2. The number of hydrogen-bond acceptors (Lipinski definition) is 6. The van der Waals surface area contributed by atoms with Gasteiger partial charge in [0.25, 0.3) is 0 Å². The van der Waals surface area contributed by atoms with Crippen LogP contribution >= 0.6 is 11.8 Å². The van der Waals surface area contributed by atoms with Gasteiger partial charge in [0.1, 0.15) is 5.60 Å². The molecule has 2 saturated heterocycles. The summed E-state index contributed by atoms with van der Waals surface area (Å²) >= 11 is 0.583. The normalized spacial score (nSPS) is 17.1. The van der Waals surface area contributed by atoms with Gasteiger partial charge in [0.15, 0.2) is 0 Å². The van der Waals surface area contributed by atoms with Crippen LogP contribution in [0, 0.1) is 0 Å². The third kappa shape index (κ3) is 9.55. The summed E-state index contributed by atoms with van der Waals surface area (Å²) in [4.78, 5) is 27.5. The lowest BCUT2D eigenvalue weighted by atomic mass is 9.99. The van der Waals surface area contributed by atoms with Crippen molar-refractivity contribution in [3.05, 3.63) is 59.2 Å². The van der Waals surface area contributed by atoms with E-state index in [0.29, 0.717) is 35.6 Å². The Morgan fingerprint density at radius 1 is 0.911 bits per heavy atom. The molecular formula is C31H35F6N3O4S. The highest BCUT2D eigenvalue weighted by Gasteiger charge is 2.46. The Morgan fingerprint density at radius 2 is 1.53 bits per heavy atom. The molecule has 0 radical (unpaired) electrons. The second kappa shape index (κ2) is 13.9. The van der Waals surface area contributed by atoms with E-state index in [0.717, 1.165) is 37.1 Å². The molecule has 0 aromatic heterocycles. The number of piperazine rings is 1. The number of alkyl halides is 6. The fourth-order valence-electron chi connectivity index (χ4n) is 4.97. The highest BCUT2D eigenvalue weighted by Crippen LogP contribution is 2.48. The summed E-state index contributed by atoms with van der Waals surface area (Å²) in [5.74, 6) is -0.687. The molecule has 45 heavy (non-hydrogen) atoms. The minimum Gasteiger partial charge on any atom is -0.444 e. The van der Waals surface area contributed by atoms with Crippen LogP contribution in [0.4, 0.5) is 36.8 Å². The maximum atomic E-state index is 14.3. The van der Waals surface area contributed by atoms with Crippen LogP contribution in [0.1, 0.15) is 50.3 Å². The number of anilines is 1. The molecule has 7 nitrogen and oxygen atoms in total. The van der Waals surface area contributed by atoms with Crippen LogP contribution < -0.4 is 5.32 Å². The van der Waals surface area contributed by atoms with E-state index < -0.39 is 51.5 Å². The second-order valence-corrected chi connectivity index (χ2v) is 12.8. The summed E-state index contributed by atoms with van der Waals surface area (Å²) in [5, 5.41) is 3.30. The van der Waals surface area contributed by atoms with E-state index >= 15 is 0 Å². The molecule has 2 aromatic carbocycles. The molecule has 1 N–H and O–H groups in total. The van der Waals surface area contributed by atoms with Gasteiger partial charge in [-0.25, -0.2) is 4.79 Å². The number of carbonyl (C=O) groups excluding carboxylic acids is 2. The zero-order chi connectivity index (χ0) is 33.0. The first-order valence-corrected chi connectivity index (χ1v) is 15.2. The van der Waals surface area contributed by atoms with Crippen molar-refractivity contribution in [2.75, 3.05) is 44.7 Å². The molecule has 2 amide bonds. The van der Waals surface area contributed by atoms with E-state index in [1.54, 1.807) is 39.0 Å². The van der Waals surface area contributed by atoms with Crippen LogP contribution in [0.3, 0.4) is 0 Å². The Balaban J connectivity index is 1.55. The average molecular weight is 660 g/mol. The Morgan fingerprint density at radius 3 is 2.13 bits per heavy atom. The maximum Gasteiger partial charge on any atom is 0.418 e. The van der Waals surface area contributed by atoms with Gasteiger partial charge in [-0.05, 0) is 69.5 Å². The monoisotopic (exact) mass is 659 g/mol. The Labute approximate surface area is 261 Å². The van der Waals surface area contributed by atoms with Crippen LogP contribution in [0.15, 0.2) is 52.3 Å². The van der Waals surface area contributed by atoms with Crippen LogP contribution in [-0.4, -0.2) is 72.8 Å². The SMILES string of the molecule is CC(C)(C)OC(=O)N1CCN(C(=O)C=Cc2ccc(Sc3cccc(NC4CCOCC4)c3)c(C(F)(F)F)c2C(F)(F)F)CC1. The van der Waals surface area contributed by atoms with Gasteiger partial charge in [0.05, 0.1) is 11.1 Å². The number of nitrogens with zero attached hydrogens (tertiary/aromatic N) is 2. The third-order valence-electron chi connectivity index (χ3n) is 7.07. The number of halogens is 6. The molecule has 2 heterocycles. The molecule has 0 unspecified atom stereocenters. The average Bonchev–Trinajstić information content (AvgIpc) is 2.95. The predicted molar refractivity (Wildman–Crippen MR) is 158 cm³/mol. The summed E-state index contributed by atoms with van der Waals surface area (Å²) in [6, 6.07) is 8.54. The van der Waals surface area contributed by atoms with Crippen LogP contribution in [0.25, 0.3) is 6.08 Å². The maximum absolute atomic E-state index is 14.3. The standard InChI is InChI=1S/C31H35F6N3O4S/c1-29(2,3)44-28(42)40-15-13-39(14-16-40)25(41)10-8-20-7-9-24(27(31(35,36)37)26(20)30(32,33)34)45-23-6-4-5-22(19-23)38-21-11-17-43-18-12-21/h4-10,19,21,38H,11-18H2,1-3H3. The first-order chi connectivity index (χ1) is 21.0. The van der Waals surface area contributed by atoms with Crippen molar-refractivity contribution in [2.24, 2.45) is 0 Å². The molecule has 0 bridgehead atoms. The first-order valence-electron chi connectivity index (χ1n) is 14.4. The Hall–Kier alpha value is -3.39. The number of amides is 2. The third-order valence-corrected chi connectivity index (χ3v) is 8.12. The quantitative estimate of drug-likeness (QED) is 0.255. The highest BCUT2D eigenvalue weighted by atomic mass is 32.2. The largest absolute Gasteiger partial charge is 0.444 e. The number of carbonyl (C=O) groups is 2. The van der Waals surface area contributed by atoms with Gasteiger partial charge in [0, 0.05) is 67.0 Å². The summed E-state index contributed by atoms with van der Waals surface area (Å²) in [5.41, 5.74) is -4.53. The van der Waals surface area contributed by atoms with Crippen molar-refractivity contribution in [1.82, 2.24) is 9.80 Å². The first kappa shape index (κ1) is 34.5. The van der Waals surface area contributed by atoms with Crippen molar-refractivity contribution in [3.8, 4) is 0 Å². The second-order valence-electron chi connectivity index (χ2n) is 11.7. The van der Waals surface area contributed by atoms with Gasteiger partial charge in [0.2, 0.25) is 5.91 Å².